The van der Waals surface area contributed by atoms with Gasteiger partial charge in [0.15, 0.2) is 0 Å². The van der Waals surface area contributed by atoms with Crippen LogP contribution in [0.2, 0.25) is 0 Å². The van der Waals surface area contributed by atoms with E-state index in [2.05, 4.69) is 0 Å². The maximum absolute atomic E-state index is 9.89. The molecule has 0 atom stereocenters. The van der Waals surface area contributed by atoms with Gasteiger partial charge < -0.3 is 10.2 Å². The first-order chi connectivity index (χ1) is 6.04. The molecule has 0 aromatic heterocycles. The highest BCUT2D eigenvalue weighted by Gasteiger charge is 2.43. The van der Waals surface area contributed by atoms with E-state index in [1.165, 1.54) is 0 Å². The second kappa shape index (κ2) is 2.48. The Balaban J connectivity index is 2.54. The van der Waals surface area contributed by atoms with Crippen molar-refractivity contribution in [1.29, 1.82) is 0 Å². The highest BCUT2D eigenvalue weighted by molar-refractivity contribution is 5.47. The van der Waals surface area contributed by atoms with Crippen molar-refractivity contribution in [2.45, 2.75) is 32.3 Å². The highest BCUT2D eigenvalue weighted by Crippen LogP contribution is 2.48. The van der Waals surface area contributed by atoms with E-state index in [-0.39, 0.29) is 0 Å². The minimum absolute atomic E-state index is 0.317. The van der Waals surface area contributed by atoms with Gasteiger partial charge in [-0.1, -0.05) is 12.1 Å². The van der Waals surface area contributed by atoms with Crippen molar-refractivity contribution >= 4 is 0 Å². The monoisotopic (exact) mass is 178 g/mol. The first kappa shape index (κ1) is 8.57. The quantitative estimate of drug-likeness (QED) is 0.690. The standard InChI is InChI=1S/C11H14O2/c1-7-3-4-9(8(2)10(7)12)11(13)5-6-11/h3-4,12-13H,5-6H2,1-2H3. The molecule has 2 N–H and O–H groups in total. The molecule has 1 saturated carbocycles. The highest BCUT2D eigenvalue weighted by atomic mass is 16.3. The Morgan fingerprint density at radius 2 is 1.85 bits per heavy atom. The van der Waals surface area contributed by atoms with Gasteiger partial charge in [0.25, 0.3) is 0 Å². The molecule has 0 aliphatic heterocycles. The molecule has 2 heteroatoms. The molecule has 0 heterocycles. The Labute approximate surface area is 77.8 Å². The van der Waals surface area contributed by atoms with E-state index in [1.54, 1.807) is 0 Å². The molecule has 0 unspecified atom stereocenters. The number of hydrogen-bond acceptors (Lipinski definition) is 2. The molecule has 2 rings (SSSR count). The Morgan fingerprint density at radius 3 is 2.38 bits per heavy atom. The summed E-state index contributed by atoms with van der Waals surface area (Å²) in [6, 6.07) is 3.77. The fourth-order valence-corrected chi connectivity index (χ4v) is 1.73. The van der Waals surface area contributed by atoms with Gasteiger partial charge in [-0.05, 0) is 43.4 Å². The third kappa shape index (κ3) is 1.22. The summed E-state index contributed by atoms with van der Waals surface area (Å²) in [5, 5.41) is 19.6. The van der Waals surface area contributed by atoms with Crippen molar-refractivity contribution in [3.63, 3.8) is 0 Å². The lowest BCUT2D eigenvalue weighted by molar-refractivity contribution is 0.150. The van der Waals surface area contributed by atoms with Crippen LogP contribution >= 0.6 is 0 Å². The molecule has 0 saturated heterocycles. The van der Waals surface area contributed by atoms with Crippen molar-refractivity contribution in [3.8, 4) is 5.75 Å². The Kier molecular flexibility index (Phi) is 1.64. The van der Waals surface area contributed by atoms with Crippen molar-refractivity contribution in [2.24, 2.45) is 0 Å². The van der Waals surface area contributed by atoms with Crippen LogP contribution in [-0.2, 0) is 5.60 Å². The first-order valence-corrected chi connectivity index (χ1v) is 4.57. The van der Waals surface area contributed by atoms with Crippen LogP contribution in [0.15, 0.2) is 12.1 Å². The van der Waals surface area contributed by atoms with E-state index < -0.39 is 5.60 Å². The molecule has 0 bridgehead atoms. The average Bonchev–Trinajstić information content (AvgIpc) is 2.80. The number of aryl methyl sites for hydroxylation is 1. The van der Waals surface area contributed by atoms with Gasteiger partial charge in [0.05, 0.1) is 5.60 Å². The Morgan fingerprint density at radius 1 is 1.23 bits per heavy atom. The van der Waals surface area contributed by atoms with Gasteiger partial charge in [-0.15, -0.1) is 0 Å². The van der Waals surface area contributed by atoms with E-state index in [1.807, 2.05) is 26.0 Å². The summed E-state index contributed by atoms with van der Waals surface area (Å²) in [6.07, 6.45) is 1.63. The summed E-state index contributed by atoms with van der Waals surface area (Å²) >= 11 is 0. The molecular weight excluding hydrogens is 164 g/mol. The van der Waals surface area contributed by atoms with E-state index in [0.717, 1.165) is 29.5 Å². The number of aromatic hydroxyl groups is 1. The van der Waals surface area contributed by atoms with Crippen LogP contribution in [0.1, 0.15) is 29.5 Å². The third-order valence-corrected chi connectivity index (χ3v) is 2.86. The van der Waals surface area contributed by atoms with Gasteiger partial charge in [-0.3, -0.25) is 0 Å². The van der Waals surface area contributed by atoms with Gasteiger partial charge in [0, 0.05) is 0 Å². The maximum Gasteiger partial charge on any atom is 0.121 e. The molecule has 1 aromatic carbocycles. The van der Waals surface area contributed by atoms with Crippen LogP contribution in [0.25, 0.3) is 0 Å². The van der Waals surface area contributed by atoms with E-state index in [4.69, 9.17) is 0 Å². The summed E-state index contributed by atoms with van der Waals surface area (Å²) < 4.78 is 0. The van der Waals surface area contributed by atoms with Crippen LogP contribution in [0.4, 0.5) is 0 Å². The van der Waals surface area contributed by atoms with Crippen molar-refractivity contribution < 1.29 is 10.2 Å². The molecule has 0 radical (unpaired) electrons. The molecule has 13 heavy (non-hydrogen) atoms. The maximum atomic E-state index is 9.89. The van der Waals surface area contributed by atoms with Gasteiger partial charge in [0.2, 0.25) is 0 Å². The van der Waals surface area contributed by atoms with Gasteiger partial charge in [0.1, 0.15) is 5.75 Å². The molecule has 0 amide bonds. The molecule has 2 nitrogen and oxygen atoms in total. The van der Waals surface area contributed by atoms with E-state index >= 15 is 0 Å². The minimum atomic E-state index is -0.644. The van der Waals surface area contributed by atoms with Crippen LogP contribution in [0, 0.1) is 13.8 Å². The summed E-state index contributed by atoms with van der Waals surface area (Å²) in [6.45, 7) is 3.72. The molecule has 0 spiro atoms. The molecule has 1 aliphatic carbocycles. The van der Waals surface area contributed by atoms with Crippen molar-refractivity contribution in [3.05, 3.63) is 28.8 Å². The molecule has 1 aliphatic rings. The lowest BCUT2D eigenvalue weighted by Crippen LogP contribution is -2.06. The lowest BCUT2D eigenvalue weighted by Gasteiger charge is -2.14. The third-order valence-electron chi connectivity index (χ3n) is 2.86. The predicted octanol–water partition coefficient (Wildman–Crippen LogP) is 1.99. The second-order valence-electron chi connectivity index (χ2n) is 3.94. The summed E-state index contributed by atoms with van der Waals surface area (Å²) in [7, 11) is 0. The van der Waals surface area contributed by atoms with Crippen molar-refractivity contribution in [1.82, 2.24) is 0 Å². The summed E-state index contributed by atoms with van der Waals surface area (Å²) in [5.74, 6) is 0.317. The fourth-order valence-electron chi connectivity index (χ4n) is 1.73. The van der Waals surface area contributed by atoms with Crippen LogP contribution in [-0.4, -0.2) is 10.2 Å². The SMILES string of the molecule is Cc1ccc(C2(O)CC2)c(C)c1O. The van der Waals surface area contributed by atoms with Crippen molar-refractivity contribution in [2.75, 3.05) is 0 Å². The van der Waals surface area contributed by atoms with Crippen LogP contribution in [0.3, 0.4) is 0 Å². The Hall–Kier alpha value is -1.02. The zero-order valence-electron chi connectivity index (χ0n) is 7.96. The fraction of sp³-hybridized carbons (Fsp3) is 0.455. The number of rotatable bonds is 1. The predicted molar refractivity (Wildman–Crippen MR) is 50.7 cm³/mol. The van der Waals surface area contributed by atoms with Gasteiger partial charge >= 0.3 is 0 Å². The van der Waals surface area contributed by atoms with Crippen LogP contribution in [0.5, 0.6) is 5.75 Å². The van der Waals surface area contributed by atoms with E-state index in [0.29, 0.717) is 5.75 Å². The second-order valence-corrected chi connectivity index (χ2v) is 3.94. The smallest absolute Gasteiger partial charge is 0.121 e. The topological polar surface area (TPSA) is 40.5 Å². The number of hydrogen-bond donors (Lipinski definition) is 2. The van der Waals surface area contributed by atoms with E-state index in [9.17, 15) is 10.2 Å². The number of benzene rings is 1. The van der Waals surface area contributed by atoms with Crippen LogP contribution < -0.4 is 0 Å². The molecule has 1 fully saturated rings. The first-order valence-electron chi connectivity index (χ1n) is 4.57. The summed E-state index contributed by atoms with van der Waals surface area (Å²) in [5.41, 5.74) is 1.93. The van der Waals surface area contributed by atoms with Gasteiger partial charge in [-0.2, -0.15) is 0 Å². The molecular formula is C11H14O2. The summed E-state index contributed by atoms with van der Waals surface area (Å²) in [4.78, 5) is 0. The lowest BCUT2D eigenvalue weighted by atomic mass is 9.98. The molecule has 1 aromatic rings. The minimum Gasteiger partial charge on any atom is -0.507 e. The largest absolute Gasteiger partial charge is 0.507 e. The number of phenols is 1. The number of phenolic OH excluding ortho intramolecular Hbond substituents is 1. The average molecular weight is 178 g/mol. The molecule has 70 valence electrons. The zero-order valence-corrected chi connectivity index (χ0v) is 7.96. The normalized spacial score (nSPS) is 18.7. The Bertz CT molecular complexity index is 351. The zero-order chi connectivity index (χ0) is 9.64. The number of aliphatic hydroxyl groups is 1. The van der Waals surface area contributed by atoms with Gasteiger partial charge in [-0.25, -0.2) is 0 Å².